The summed E-state index contributed by atoms with van der Waals surface area (Å²) in [7, 11) is 1.56. The molecule has 13 heteroatoms. The number of pyridine rings is 1. The van der Waals surface area contributed by atoms with Crippen LogP contribution in [-0.2, 0) is 16.6 Å². The van der Waals surface area contributed by atoms with E-state index in [-0.39, 0.29) is 54.5 Å². The zero-order valence-corrected chi connectivity index (χ0v) is 18.6. The Morgan fingerprint density at radius 1 is 1.26 bits per heavy atom. The van der Waals surface area contributed by atoms with Crippen LogP contribution in [0.1, 0.15) is 0 Å². The van der Waals surface area contributed by atoms with E-state index in [0.29, 0.717) is 24.0 Å². The van der Waals surface area contributed by atoms with E-state index in [1.165, 1.54) is 27.8 Å². The normalized spacial score (nSPS) is 17.1. The molecule has 2 N–H and O–H groups in total. The fraction of sp³-hybridized carbons (Fsp3) is 0.318. The van der Waals surface area contributed by atoms with Gasteiger partial charge in [0.1, 0.15) is 12.7 Å². The molecule has 0 aliphatic carbocycles. The number of aromatic nitrogens is 3. The van der Waals surface area contributed by atoms with E-state index in [1.807, 2.05) is 0 Å². The molecule has 1 fully saturated rings. The van der Waals surface area contributed by atoms with E-state index in [1.54, 1.807) is 19.2 Å². The van der Waals surface area contributed by atoms with E-state index >= 15 is 0 Å². The van der Waals surface area contributed by atoms with Gasteiger partial charge in [-0.2, -0.15) is 0 Å². The number of fused-ring (bicyclic) bond motifs is 2. The number of amides is 2. The van der Waals surface area contributed by atoms with Crippen molar-refractivity contribution in [3.63, 3.8) is 0 Å². The number of nitrogens with one attached hydrogen (secondary N) is 2. The van der Waals surface area contributed by atoms with Crippen LogP contribution in [0.5, 0.6) is 11.6 Å². The van der Waals surface area contributed by atoms with Crippen LogP contribution < -0.4 is 30.6 Å². The number of carbonyl (C=O) groups is 2. The van der Waals surface area contributed by atoms with Gasteiger partial charge in [0, 0.05) is 31.6 Å². The molecular weight excluding hydrogens is 463 g/mol. The molecule has 1 atom stereocenters. The fourth-order valence-corrected chi connectivity index (χ4v) is 3.85. The Balaban J connectivity index is 1.15. The van der Waals surface area contributed by atoms with E-state index in [0.717, 1.165) is 0 Å². The number of halogens is 1. The van der Waals surface area contributed by atoms with Gasteiger partial charge >= 0.3 is 6.09 Å². The Hall–Kier alpha value is -4.26. The fourth-order valence-electron chi connectivity index (χ4n) is 3.85. The Morgan fingerprint density at radius 3 is 2.94 bits per heavy atom. The lowest BCUT2D eigenvalue weighted by Crippen LogP contribution is -2.33. The standard InChI is InChI=1S/C22H21FN6O6/c1-28-17(31)5-3-12-2-4-14(23)19(18(12)28)33-7-6-24-8-13-10-29(22(32)35-13)15-9-25-21-20(26-15)27-16(30)11-34-21/h2-5,9,13,24H,6-8,10-11H2,1H3,(H,26,27,30)/t13-/m1/s1. The lowest BCUT2D eigenvalue weighted by Gasteiger charge is -2.18. The molecule has 0 radical (unpaired) electrons. The van der Waals surface area contributed by atoms with Gasteiger partial charge in [-0.1, -0.05) is 0 Å². The monoisotopic (exact) mass is 484 g/mol. The average Bonchev–Trinajstić information content (AvgIpc) is 3.22. The molecule has 35 heavy (non-hydrogen) atoms. The van der Waals surface area contributed by atoms with Gasteiger partial charge in [0.2, 0.25) is 0 Å². The predicted molar refractivity (Wildman–Crippen MR) is 121 cm³/mol. The van der Waals surface area contributed by atoms with Gasteiger partial charge in [0.15, 0.2) is 29.8 Å². The summed E-state index contributed by atoms with van der Waals surface area (Å²) in [5, 5.41) is 6.34. The molecular formula is C22H21FN6O6. The van der Waals surface area contributed by atoms with Gasteiger partial charge in [-0.25, -0.2) is 19.2 Å². The second-order valence-corrected chi connectivity index (χ2v) is 7.93. The van der Waals surface area contributed by atoms with Gasteiger partial charge in [0.05, 0.1) is 18.3 Å². The second-order valence-electron chi connectivity index (χ2n) is 7.93. The van der Waals surface area contributed by atoms with Crippen molar-refractivity contribution < 1.29 is 28.2 Å². The Bertz CT molecular complexity index is 1380. The molecule has 1 saturated heterocycles. The average molecular weight is 484 g/mol. The van der Waals surface area contributed by atoms with Gasteiger partial charge < -0.3 is 29.4 Å². The number of carbonyl (C=O) groups excluding carboxylic acids is 2. The first-order valence-corrected chi connectivity index (χ1v) is 10.8. The van der Waals surface area contributed by atoms with Crippen molar-refractivity contribution in [2.24, 2.45) is 7.05 Å². The topological polar surface area (TPSA) is 137 Å². The zero-order chi connectivity index (χ0) is 24.5. The molecule has 2 aliphatic rings. The lowest BCUT2D eigenvalue weighted by molar-refractivity contribution is -0.118. The summed E-state index contributed by atoms with van der Waals surface area (Å²) in [6.07, 6.45) is 0.304. The van der Waals surface area contributed by atoms with Crippen LogP contribution in [0.15, 0.2) is 35.3 Å². The molecule has 5 rings (SSSR count). The van der Waals surface area contributed by atoms with Crippen molar-refractivity contribution in [1.29, 1.82) is 0 Å². The third kappa shape index (κ3) is 4.45. The van der Waals surface area contributed by atoms with Crippen LogP contribution >= 0.6 is 0 Å². The molecule has 0 bridgehead atoms. The van der Waals surface area contributed by atoms with Gasteiger partial charge in [-0.15, -0.1) is 0 Å². The highest BCUT2D eigenvalue weighted by Crippen LogP contribution is 2.28. The minimum absolute atomic E-state index is 0.00465. The van der Waals surface area contributed by atoms with Crippen LogP contribution in [0.2, 0.25) is 0 Å². The number of hydrogen-bond donors (Lipinski definition) is 2. The highest BCUT2D eigenvalue weighted by atomic mass is 19.1. The van der Waals surface area contributed by atoms with E-state index in [2.05, 4.69) is 20.6 Å². The molecule has 182 valence electrons. The van der Waals surface area contributed by atoms with E-state index in [9.17, 15) is 18.8 Å². The zero-order valence-electron chi connectivity index (χ0n) is 18.6. The van der Waals surface area contributed by atoms with Crippen molar-refractivity contribution in [2.45, 2.75) is 6.10 Å². The van der Waals surface area contributed by atoms with Crippen LogP contribution in [0.25, 0.3) is 10.9 Å². The largest absolute Gasteiger partial charge is 0.487 e. The number of nitrogens with zero attached hydrogens (tertiary/aromatic N) is 4. The SMILES string of the molecule is Cn1c(=O)ccc2ccc(F)c(OCCNC[C@@H]3CN(c4cnc5c(n4)NC(=O)CO5)C(=O)O3)c21. The molecule has 3 aromatic rings. The summed E-state index contributed by atoms with van der Waals surface area (Å²) >= 11 is 0. The summed E-state index contributed by atoms with van der Waals surface area (Å²) < 4.78 is 31.9. The molecule has 2 amide bonds. The molecule has 1 aromatic carbocycles. The van der Waals surface area contributed by atoms with Crippen LogP contribution in [0, 0.1) is 5.82 Å². The maximum atomic E-state index is 14.4. The summed E-state index contributed by atoms with van der Waals surface area (Å²) in [4.78, 5) is 45.4. The second kappa shape index (κ2) is 9.18. The van der Waals surface area contributed by atoms with Crippen molar-refractivity contribution in [3.8, 4) is 11.6 Å². The molecule has 0 spiro atoms. The number of rotatable bonds is 7. The van der Waals surface area contributed by atoms with Crippen LogP contribution in [0.4, 0.5) is 20.8 Å². The smallest absolute Gasteiger partial charge is 0.416 e. The number of anilines is 2. The van der Waals surface area contributed by atoms with Gasteiger partial charge in [0.25, 0.3) is 17.3 Å². The first-order chi connectivity index (χ1) is 16.9. The quantitative estimate of drug-likeness (QED) is 0.467. The number of aryl methyl sites for hydroxylation is 1. The third-order valence-electron chi connectivity index (χ3n) is 5.56. The minimum Gasteiger partial charge on any atom is -0.487 e. The lowest BCUT2D eigenvalue weighted by atomic mass is 10.2. The number of cyclic esters (lactones) is 1. The third-order valence-corrected chi connectivity index (χ3v) is 5.56. The summed E-state index contributed by atoms with van der Waals surface area (Å²) in [6, 6.07) is 5.92. The minimum atomic E-state index is -0.593. The summed E-state index contributed by atoms with van der Waals surface area (Å²) in [5.74, 6) is -0.368. The van der Waals surface area contributed by atoms with E-state index in [4.69, 9.17) is 14.2 Å². The molecule has 2 aromatic heterocycles. The number of hydrogen-bond acceptors (Lipinski definition) is 9. The van der Waals surface area contributed by atoms with Crippen LogP contribution in [0.3, 0.4) is 0 Å². The first-order valence-electron chi connectivity index (χ1n) is 10.8. The highest BCUT2D eigenvalue weighted by Gasteiger charge is 2.34. The highest BCUT2D eigenvalue weighted by molar-refractivity contribution is 5.94. The number of ether oxygens (including phenoxy) is 3. The molecule has 4 heterocycles. The Labute approximate surface area is 197 Å². The summed E-state index contributed by atoms with van der Waals surface area (Å²) in [5.41, 5.74) is 0.114. The number of benzene rings is 1. The van der Waals surface area contributed by atoms with Crippen LogP contribution in [-0.4, -0.2) is 65.5 Å². The first kappa shape index (κ1) is 22.5. The summed E-state index contributed by atoms with van der Waals surface area (Å²) in [6.45, 7) is 0.858. The maximum absolute atomic E-state index is 14.4. The Morgan fingerprint density at radius 2 is 2.09 bits per heavy atom. The maximum Gasteiger partial charge on any atom is 0.416 e. The molecule has 2 aliphatic heterocycles. The molecule has 12 nitrogen and oxygen atoms in total. The molecule has 0 unspecified atom stereocenters. The van der Waals surface area contributed by atoms with Crippen molar-refractivity contribution in [3.05, 3.63) is 46.6 Å². The van der Waals surface area contributed by atoms with Gasteiger partial charge in [-0.3, -0.25) is 14.5 Å². The van der Waals surface area contributed by atoms with Gasteiger partial charge in [-0.05, 0) is 18.2 Å². The predicted octanol–water partition coefficient (Wildman–Crippen LogP) is 0.792. The van der Waals surface area contributed by atoms with E-state index < -0.39 is 18.0 Å². The van der Waals surface area contributed by atoms with Crippen molar-refractivity contribution in [2.75, 3.05) is 43.1 Å². The van der Waals surface area contributed by atoms with Crippen molar-refractivity contribution >= 4 is 34.5 Å². The van der Waals surface area contributed by atoms with Crippen molar-refractivity contribution in [1.82, 2.24) is 19.9 Å². The molecule has 0 saturated carbocycles. The Kier molecular flexibility index (Phi) is 5.91.